The van der Waals surface area contributed by atoms with Gasteiger partial charge >= 0.3 is 5.97 Å². The summed E-state index contributed by atoms with van der Waals surface area (Å²) in [7, 11) is 0. The van der Waals surface area contributed by atoms with Crippen LogP contribution in [0.5, 0.6) is 0 Å². The molecule has 3 rings (SSSR count). The Balaban J connectivity index is 2.04. The minimum Gasteiger partial charge on any atom is -0.318 e. The van der Waals surface area contributed by atoms with Gasteiger partial charge in [-0.3, -0.25) is 14.9 Å². The fraction of sp³-hybridized carbons (Fsp3) is 0.118. The summed E-state index contributed by atoms with van der Waals surface area (Å²) in [4.78, 5) is 38.3. The van der Waals surface area contributed by atoms with Crippen LogP contribution in [-0.4, -0.2) is 22.4 Å². The first-order chi connectivity index (χ1) is 11.4. The highest BCUT2D eigenvalue weighted by atomic mass is 16.7. The monoisotopic (exact) mass is 324 g/mol. The average molecular weight is 324 g/mol. The van der Waals surface area contributed by atoms with Crippen molar-refractivity contribution in [3.8, 4) is 11.1 Å². The van der Waals surface area contributed by atoms with E-state index >= 15 is 0 Å². The molecular weight excluding hydrogens is 312 g/mol. The van der Waals surface area contributed by atoms with Gasteiger partial charge in [-0.15, -0.1) is 0 Å². The third-order valence-electron chi connectivity index (χ3n) is 3.74. The largest absolute Gasteiger partial charge is 0.331 e. The van der Waals surface area contributed by atoms with Crippen molar-refractivity contribution in [2.75, 3.05) is 0 Å². The fourth-order valence-corrected chi connectivity index (χ4v) is 2.59. The Hall–Kier alpha value is -3.35. The molecule has 0 atom stereocenters. The van der Waals surface area contributed by atoms with Crippen LogP contribution in [0.1, 0.15) is 35.3 Å². The Morgan fingerprint density at radius 1 is 1.04 bits per heavy atom. The smallest absolute Gasteiger partial charge is 0.318 e. The highest BCUT2D eigenvalue weighted by molar-refractivity contribution is 6.22. The van der Waals surface area contributed by atoms with Gasteiger partial charge in [-0.25, -0.2) is 4.79 Å². The van der Waals surface area contributed by atoms with Crippen LogP contribution >= 0.6 is 0 Å². The summed E-state index contributed by atoms with van der Waals surface area (Å²) >= 11 is 0. The van der Waals surface area contributed by atoms with E-state index in [1.807, 2.05) is 0 Å². The Kier molecular flexibility index (Phi) is 3.69. The highest BCUT2D eigenvalue weighted by Gasteiger charge is 2.29. The van der Waals surface area contributed by atoms with E-state index in [1.54, 1.807) is 31.2 Å². The maximum absolute atomic E-state index is 12.6. The molecule has 24 heavy (non-hydrogen) atoms. The van der Waals surface area contributed by atoms with Crippen LogP contribution in [0, 0.1) is 10.1 Å². The first-order valence-corrected chi connectivity index (χ1v) is 7.08. The van der Waals surface area contributed by atoms with Crippen LogP contribution in [-0.2, 0) is 9.63 Å². The molecule has 0 fully saturated rings. The predicted octanol–water partition coefficient (Wildman–Crippen LogP) is 3.09. The van der Waals surface area contributed by atoms with Gasteiger partial charge in [0, 0.05) is 30.2 Å². The van der Waals surface area contributed by atoms with Crippen molar-refractivity contribution in [1.29, 1.82) is 0 Å². The second-order valence-corrected chi connectivity index (χ2v) is 5.34. The van der Waals surface area contributed by atoms with E-state index in [0.717, 1.165) is 0 Å². The zero-order chi connectivity index (χ0) is 17.4. The van der Waals surface area contributed by atoms with Crippen LogP contribution in [0.25, 0.3) is 11.1 Å². The molecule has 0 N–H and O–H groups in total. The molecule has 7 nitrogen and oxygen atoms in total. The fourth-order valence-electron chi connectivity index (χ4n) is 2.59. The lowest BCUT2D eigenvalue weighted by molar-refractivity contribution is -0.384. The standard InChI is InChI=1S/C17H12N2O5/c1-9(18-24-10(2)20)11-3-5-13-14-6-4-12(19(22)23)8-16(14)17(21)15(13)7-11/h3-8H,1-2H3/b18-9+. The van der Waals surface area contributed by atoms with Crippen LogP contribution < -0.4 is 0 Å². The molecule has 7 heteroatoms. The Morgan fingerprint density at radius 3 is 2.29 bits per heavy atom. The second kappa shape index (κ2) is 5.69. The summed E-state index contributed by atoms with van der Waals surface area (Å²) in [6.45, 7) is 2.90. The number of hydrogen-bond acceptors (Lipinski definition) is 6. The van der Waals surface area contributed by atoms with E-state index in [0.29, 0.717) is 33.5 Å². The van der Waals surface area contributed by atoms with Crippen LogP contribution in [0.3, 0.4) is 0 Å². The molecule has 120 valence electrons. The van der Waals surface area contributed by atoms with Gasteiger partial charge in [0.1, 0.15) is 0 Å². The maximum atomic E-state index is 12.6. The normalized spacial score (nSPS) is 12.6. The van der Waals surface area contributed by atoms with Crippen LogP contribution in [0.15, 0.2) is 41.6 Å². The van der Waals surface area contributed by atoms with E-state index < -0.39 is 10.9 Å². The number of hydrogen-bond donors (Lipinski definition) is 0. The molecule has 0 unspecified atom stereocenters. The van der Waals surface area contributed by atoms with Crippen molar-refractivity contribution in [1.82, 2.24) is 0 Å². The zero-order valence-electron chi connectivity index (χ0n) is 12.9. The lowest BCUT2D eigenvalue weighted by Gasteiger charge is -2.04. The number of ketones is 1. The summed E-state index contributed by atoms with van der Waals surface area (Å²) < 4.78 is 0. The van der Waals surface area contributed by atoms with E-state index in [1.165, 1.54) is 19.1 Å². The molecule has 0 saturated carbocycles. The summed E-state index contributed by atoms with van der Waals surface area (Å²) in [5.74, 6) is -0.808. The average Bonchev–Trinajstić information content (AvgIpc) is 2.84. The van der Waals surface area contributed by atoms with Crippen molar-refractivity contribution in [2.45, 2.75) is 13.8 Å². The molecule has 0 aromatic heterocycles. The summed E-state index contributed by atoms with van der Waals surface area (Å²) in [5, 5.41) is 14.6. The summed E-state index contributed by atoms with van der Waals surface area (Å²) in [6.07, 6.45) is 0. The molecule has 0 heterocycles. The molecule has 0 radical (unpaired) electrons. The number of nitro groups is 1. The molecule has 2 aromatic carbocycles. The number of carbonyl (C=O) groups is 2. The highest BCUT2D eigenvalue weighted by Crippen LogP contribution is 2.38. The molecule has 0 saturated heterocycles. The molecule has 0 spiro atoms. The van der Waals surface area contributed by atoms with Crippen molar-refractivity contribution >= 4 is 23.2 Å². The molecule has 1 aliphatic carbocycles. The Labute approximate surface area is 136 Å². The SMILES string of the molecule is CC(=O)O/N=C(\C)c1ccc2c(c1)C(=O)c1cc([N+](=O)[O-])ccc1-2. The number of benzene rings is 2. The number of oxime groups is 1. The first kappa shape index (κ1) is 15.5. The van der Waals surface area contributed by atoms with Crippen molar-refractivity contribution in [2.24, 2.45) is 5.16 Å². The maximum Gasteiger partial charge on any atom is 0.331 e. The molecule has 0 bridgehead atoms. The molecule has 0 amide bonds. The van der Waals surface area contributed by atoms with E-state index in [9.17, 15) is 19.7 Å². The first-order valence-electron chi connectivity index (χ1n) is 7.08. The number of non-ortho nitro benzene ring substituents is 1. The Morgan fingerprint density at radius 2 is 1.67 bits per heavy atom. The number of fused-ring (bicyclic) bond motifs is 3. The lowest BCUT2D eigenvalue weighted by Crippen LogP contribution is -2.02. The van der Waals surface area contributed by atoms with Gasteiger partial charge in [0.05, 0.1) is 10.6 Å². The summed E-state index contributed by atoms with van der Waals surface area (Å²) in [5.41, 5.74) is 3.10. The van der Waals surface area contributed by atoms with E-state index in [4.69, 9.17) is 0 Å². The Bertz CT molecular complexity index is 931. The number of nitro benzene ring substituents is 1. The van der Waals surface area contributed by atoms with Crippen molar-refractivity contribution in [3.63, 3.8) is 0 Å². The van der Waals surface area contributed by atoms with Gasteiger partial charge < -0.3 is 4.84 Å². The molecule has 2 aromatic rings. The topological polar surface area (TPSA) is 98.9 Å². The van der Waals surface area contributed by atoms with E-state index in [-0.39, 0.29) is 11.5 Å². The van der Waals surface area contributed by atoms with Crippen LogP contribution in [0.2, 0.25) is 0 Å². The number of rotatable bonds is 3. The number of nitrogens with zero attached hydrogens (tertiary/aromatic N) is 2. The third-order valence-corrected chi connectivity index (χ3v) is 3.74. The van der Waals surface area contributed by atoms with Gasteiger partial charge in [-0.05, 0) is 35.7 Å². The van der Waals surface area contributed by atoms with Gasteiger partial charge in [0.25, 0.3) is 5.69 Å². The van der Waals surface area contributed by atoms with E-state index in [2.05, 4.69) is 9.99 Å². The van der Waals surface area contributed by atoms with Gasteiger partial charge in [-0.2, -0.15) is 0 Å². The molecule has 0 aliphatic heterocycles. The predicted molar refractivity (Wildman–Crippen MR) is 85.9 cm³/mol. The quantitative estimate of drug-likeness (QED) is 0.319. The zero-order valence-corrected chi connectivity index (χ0v) is 12.9. The van der Waals surface area contributed by atoms with Crippen molar-refractivity contribution in [3.05, 3.63) is 63.2 Å². The van der Waals surface area contributed by atoms with Gasteiger partial charge in [0.2, 0.25) is 0 Å². The summed E-state index contributed by atoms with van der Waals surface area (Å²) in [6, 6.07) is 9.40. The molecule has 1 aliphatic rings. The van der Waals surface area contributed by atoms with Crippen molar-refractivity contribution < 1.29 is 19.3 Å². The third kappa shape index (κ3) is 2.56. The minimum absolute atomic E-state index is 0.122. The van der Waals surface area contributed by atoms with Gasteiger partial charge in [-0.1, -0.05) is 17.3 Å². The second-order valence-electron chi connectivity index (χ2n) is 5.34. The lowest BCUT2D eigenvalue weighted by atomic mass is 10.0. The minimum atomic E-state index is -0.536. The van der Waals surface area contributed by atoms with Crippen LogP contribution in [0.4, 0.5) is 5.69 Å². The number of carbonyl (C=O) groups excluding carboxylic acids is 2. The molecular formula is C17H12N2O5. The van der Waals surface area contributed by atoms with Gasteiger partial charge in [0.15, 0.2) is 5.78 Å².